The number of hydrogen-bond donors (Lipinski definition) is 0. The molecule has 0 aromatic heterocycles. The van der Waals surface area contributed by atoms with Crippen LogP contribution in [0.4, 0.5) is 0 Å². The van der Waals surface area contributed by atoms with Gasteiger partial charge in [-0.05, 0) is 75.0 Å². The van der Waals surface area contributed by atoms with Crippen molar-refractivity contribution in [2.24, 2.45) is 0 Å². The van der Waals surface area contributed by atoms with Gasteiger partial charge in [-0.25, -0.2) is 0 Å². The summed E-state index contributed by atoms with van der Waals surface area (Å²) in [5, 5.41) is 0. The summed E-state index contributed by atoms with van der Waals surface area (Å²) in [4.78, 5) is 14.4. The second kappa shape index (κ2) is 14.7. The molecule has 2 aromatic carbocycles. The predicted octanol–water partition coefficient (Wildman–Crippen LogP) is 5.86. The number of likely N-dealkylation sites (N-methyl/N-ethyl adjacent to an activating group) is 1. The largest absolute Gasteiger partial charge is 0.497 e. The van der Waals surface area contributed by atoms with E-state index in [1.54, 1.807) is 7.11 Å². The molecule has 0 N–H and O–H groups in total. The van der Waals surface area contributed by atoms with Crippen LogP contribution in [0.3, 0.4) is 0 Å². The lowest BCUT2D eigenvalue weighted by Gasteiger charge is -2.22. The highest BCUT2D eigenvalue weighted by Crippen LogP contribution is 2.18. The lowest BCUT2D eigenvalue weighted by Crippen LogP contribution is -2.31. The minimum absolute atomic E-state index is 0.0549. The van der Waals surface area contributed by atoms with E-state index in [9.17, 15) is 4.79 Å². The molecule has 0 fully saturated rings. The van der Waals surface area contributed by atoms with Gasteiger partial charge in [0, 0.05) is 13.0 Å². The molecule has 0 saturated heterocycles. The Kier molecular flexibility index (Phi) is 11.9. The normalized spacial score (nSPS) is 12.0. The average Bonchev–Trinajstić information content (AvgIpc) is 2.79. The average molecular weight is 440 g/mol. The summed E-state index contributed by atoms with van der Waals surface area (Å²) in [6.07, 6.45) is 8.60. The first-order valence-electron chi connectivity index (χ1n) is 12.1. The zero-order valence-corrected chi connectivity index (χ0v) is 20.4. The van der Waals surface area contributed by atoms with Crippen molar-refractivity contribution >= 4 is 5.97 Å². The van der Waals surface area contributed by atoms with Crippen molar-refractivity contribution in [1.82, 2.24) is 4.90 Å². The fourth-order valence-electron chi connectivity index (χ4n) is 3.97. The molecule has 0 aliphatic rings. The summed E-state index contributed by atoms with van der Waals surface area (Å²) in [7, 11) is 5.76. The van der Waals surface area contributed by atoms with Crippen LogP contribution in [0.15, 0.2) is 48.5 Å². The summed E-state index contributed by atoms with van der Waals surface area (Å²) in [6.45, 7) is 2.94. The number of ether oxygens (including phenoxy) is 2. The van der Waals surface area contributed by atoms with Gasteiger partial charge < -0.3 is 14.4 Å². The number of carbonyl (C=O) groups is 1. The van der Waals surface area contributed by atoms with E-state index in [0.29, 0.717) is 6.42 Å². The standard InChI is InChI=1S/C28H41NO3/c1-5-6-7-8-13-28(30)32-27(22-29(2)3)21-18-25-12-10-9-11-24(25)17-14-23-15-19-26(31-4)20-16-23/h9-12,15-16,19-20,27H,5-8,13-14,17-18,21-22H2,1-4H3/t27-/m1/s1. The van der Waals surface area contributed by atoms with Crippen LogP contribution in [0, 0.1) is 0 Å². The monoisotopic (exact) mass is 439 g/mol. The number of nitrogens with zero attached hydrogens (tertiary/aromatic N) is 1. The Bertz CT molecular complexity index is 786. The van der Waals surface area contributed by atoms with Gasteiger partial charge in [0.2, 0.25) is 0 Å². The Morgan fingerprint density at radius 3 is 2.22 bits per heavy atom. The quantitative estimate of drug-likeness (QED) is 0.257. The highest BCUT2D eigenvalue weighted by atomic mass is 16.5. The Balaban J connectivity index is 1.91. The van der Waals surface area contributed by atoms with Crippen LogP contribution in [0.2, 0.25) is 0 Å². The maximum atomic E-state index is 12.3. The van der Waals surface area contributed by atoms with Gasteiger partial charge >= 0.3 is 5.97 Å². The molecule has 1 atom stereocenters. The van der Waals surface area contributed by atoms with E-state index in [0.717, 1.165) is 50.8 Å². The first-order chi connectivity index (χ1) is 15.5. The van der Waals surface area contributed by atoms with Gasteiger partial charge in [-0.3, -0.25) is 4.79 Å². The first-order valence-corrected chi connectivity index (χ1v) is 12.1. The van der Waals surface area contributed by atoms with E-state index in [1.807, 2.05) is 26.2 Å². The molecule has 4 nitrogen and oxygen atoms in total. The Morgan fingerprint density at radius 2 is 1.59 bits per heavy atom. The Labute approximate surface area is 194 Å². The number of unbranched alkanes of at least 4 members (excludes halogenated alkanes) is 3. The molecule has 4 heteroatoms. The van der Waals surface area contributed by atoms with Crippen molar-refractivity contribution in [1.29, 1.82) is 0 Å². The second-order valence-corrected chi connectivity index (χ2v) is 8.84. The molecule has 176 valence electrons. The number of carbonyl (C=O) groups excluding carboxylic acids is 1. The number of aryl methyl sites for hydroxylation is 3. The van der Waals surface area contributed by atoms with Crippen molar-refractivity contribution in [2.45, 2.75) is 70.8 Å². The van der Waals surface area contributed by atoms with Gasteiger partial charge in [0.05, 0.1) is 7.11 Å². The molecule has 0 heterocycles. The van der Waals surface area contributed by atoms with Crippen molar-refractivity contribution in [3.63, 3.8) is 0 Å². The zero-order valence-electron chi connectivity index (χ0n) is 20.4. The lowest BCUT2D eigenvalue weighted by molar-refractivity contribution is -0.150. The van der Waals surface area contributed by atoms with Crippen LogP contribution in [0.5, 0.6) is 5.75 Å². The first kappa shape index (κ1) is 25.9. The van der Waals surface area contributed by atoms with Gasteiger partial charge in [-0.15, -0.1) is 0 Å². The second-order valence-electron chi connectivity index (χ2n) is 8.84. The van der Waals surface area contributed by atoms with Crippen LogP contribution < -0.4 is 4.74 Å². The predicted molar refractivity (Wildman–Crippen MR) is 132 cm³/mol. The third kappa shape index (κ3) is 9.86. The smallest absolute Gasteiger partial charge is 0.306 e. The fourth-order valence-corrected chi connectivity index (χ4v) is 3.97. The third-order valence-corrected chi connectivity index (χ3v) is 5.80. The highest BCUT2D eigenvalue weighted by Gasteiger charge is 2.16. The fraction of sp³-hybridized carbons (Fsp3) is 0.536. The number of esters is 1. The van der Waals surface area contributed by atoms with Gasteiger partial charge in [0.25, 0.3) is 0 Å². The van der Waals surface area contributed by atoms with Crippen LogP contribution in [-0.2, 0) is 28.8 Å². The minimum atomic E-state index is -0.0710. The minimum Gasteiger partial charge on any atom is -0.497 e. The molecule has 0 amide bonds. The highest BCUT2D eigenvalue weighted by molar-refractivity contribution is 5.69. The van der Waals surface area contributed by atoms with Gasteiger partial charge in [-0.2, -0.15) is 0 Å². The summed E-state index contributed by atoms with van der Waals surface area (Å²) in [5.74, 6) is 0.835. The molecule has 2 aromatic rings. The lowest BCUT2D eigenvalue weighted by atomic mass is 9.96. The van der Waals surface area contributed by atoms with Crippen LogP contribution >= 0.6 is 0 Å². The van der Waals surface area contributed by atoms with Gasteiger partial charge in [0.15, 0.2) is 0 Å². The topological polar surface area (TPSA) is 38.8 Å². The Hall–Kier alpha value is -2.33. The molecule has 0 spiro atoms. The van der Waals surface area contributed by atoms with Crippen molar-refractivity contribution in [2.75, 3.05) is 27.7 Å². The molecule has 0 saturated carbocycles. The van der Waals surface area contributed by atoms with E-state index in [2.05, 4.69) is 48.2 Å². The summed E-state index contributed by atoms with van der Waals surface area (Å²) < 4.78 is 11.1. The molecule has 32 heavy (non-hydrogen) atoms. The maximum absolute atomic E-state index is 12.3. The SMILES string of the molecule is CCCCCCC(=O)O[C@H](CCc1ccccc1CCc1ccc(OC)cc1)CN(C)C. The van der Waals surface area contributed by atoms with Crippen molar-refractivity contribution in [3.05, 3.63) is 65.2 Å². The van der Waals surface area contributed by atoms with E-state index < -0.39 is 0 Å². The molecule has 0 aliphatic heterocycles. The molecule has 2 rings (SSSR count). The van der Waals surface area contributed by atoms with Crippen molar-refractivity contribution < 1.29 is 14.3 Å². The summed E-state index contributed by atoms with van der Waals surface area (Å²) >= 11 is 0. The van der Waals surface area contributed by atoms with Crippen LogP contribution in [-0.4, -0.2) is 44.7 Å². The number of benzene rings is 2. The third-order valence-electron chi connectivity index (χ3n) is 5.80. The summed E-state index contributed by atoms with van der Waals surface area (Å²) in [6, 6.07) is 17.0. The maximum Gasteiger partial charge on any atom is 0.306 e. The number of rotatable bonds is 15. The number of methoxy groups -OCH3 is 1. The van der Waals surface area contributed by atoms with E-state index >= 15 is 0 Å². The van der Waals surface area contributed by atoms with Crippen molar-refractivity contribution in [3.8, 4) is 5.75 Å². The van der Waals surface area contributed by atoms with E-state index in [1.165, 1.54) is 29.5 Å². The van der Waals surface area contributed by atoms with E-state index in [-0.39, 0.29) is 12.1 Å². The zero-order chi connectivity index (χ0) is 23.2. The molecule has 0 unspecified atom stereocenters. The van der Waals surface area contributed by atoms with Gasteiger partial charge in [-0.1, -0.05) is 62.6 Å². The van der Waals surface area contributed by atoms with Crippen LogP contribution in [0.1, 0.15) is 62.1 Å². The van der Waals surface area contributed by atoms with Crippen LogP contribution in [0.25, 0.3) is 0 Å². The Morgan fingerprint density at radius 1 is 0.906 bits per heavy atom. The van der Waals surface area contributed by atoms with E-state index in [4.69, 9.17) is 9.47 Å². The molecular formula is C28H41NO3. The number of hydrogen-bond acceptors (Lipinski definition) is 4. The molecule has 0 aliphatic carbocycles. The molecular weight excluding hydrogens is 398 g/mol. The summed E-state index contributed by atoms with van der Waals surface area (Å²) in [5.41, 5.74) is 4.03. The van der Waals surface area contributed by atoms with Gasteiger partial charge in [0.1, 0.15) is 11.9 Å². The molecule has 0 bridgehead atoms. The molecule has 0 radical (unpaired) electrons.